The summed E-state index contributed by atoms with van der Waals surface area (Å²) in [4.78, 5) is 38.9. The van der Waals surface area contributed by atoms with Gasteiger partial charge in [-0.1, -0.05) is 54.6 Å². The van der Waals surface area contributed by atoms with E-state index in [2.05, 4.69) is 0 Å². The number of furan rings is 1. The topological polar surface area (TPSA) is 122 Å². The van der Waals surface area contributed by atoms with E-state index in [0.29, 0.717) is 5.56 Å². The van der Waals surface area contributed by atoms with Crippen LogP contribution in [0.5, 0.6) is 0 Å². The fourth-order valence-electron chi connectivity index (χ4n) is 4.34. The highest BCUT2D eigenvalue weighted by molar-refractivity contribution is 5.91. The first-order valence-electron chi connectivity index (χ1n) is 12.6. The van der Waals surface area contributed by atoms with Crippen molar-refractivity contribution < 1.29 is 42.9 Å². The van der Waals surface area contributed by atoms with E-state index in [-0.39, 0.29) is 35.9 Å². The van der Waals surface area contributed by atoms with Crippen molar-refractivity contribution in [3.8, 4) is 0 Å². The summed E-state index contributed by atoms with van der Waals surface area (Å²) in [7, 11) is 0. The Hall–Kier alpha value is -4.73. The summed E-state index contributed by atoms with van der Waals surface area (Å²) < 4.78 is 29.1. The zero-order valence-electron chi connectivity index (χ0n) is 21.3. The van der Waals surface area contributed by atoms with Crippen LogP contribution in [0, 0.1) is 0 Å². The van der Waals surface area contributed by atoms with Gasteiger partial charge in [-0.2, -0.15) is 0 Å². The summed E-state index contributed by atoms with van der Waals surface area (Å²) in [5, 5.41) is 9.51. The molecule has 1 saturated heterocycles. The van der Waals surface area contributed by atoms with Crippen molar-refractivity contribution in [3.63, 3.8) is 0 Å². The van der Waals surface area contributed by atoms with E-state index in [4.69, 9.17) is 23.4 Å². The Bertz CT molecular complexity index is 1430. The molecule has 0 aliphatic carbocycles. The molecule has 2 heterocycles. The highest BCUT2D eigenvalue weighted by atomic mass is 16.7. The molecule has 0 saturated carbocycles. The minimum absolute atomic E-state index is 0.243. The van der Waals surface area contributed by atoms with Gasteiger partial charge in [-0.3, -0.25) is 0 Å². The molecule has 9 nitrogen and oxygen atoms in total. The number of benzene rings is 3. The Balaban J connectivity index is 1.46. The van der Waals surface area contributed by atoms with Crippen LogP contribution in [0.2, 0.25) is 0 Å². The number of ether oxygens (including phenoxy) is 4. The van der Waals surface area contributed by atoms with Gasteiger partial charge in [-0.15, -0.1) is 0 Å². The monoisotopic (exact) mass is 542 g/mol. The Morgan fingerprint density at radius 3 is 1.65 bits per heavy atom. The molecule has 204 valence electrons. The lowest BCUT2D eigenvalue weighted by Gasteiger charge is -2.24. The highest BCUT2D eigenvalue weighted by Gasteiger charge is 2.52. The molecule has 1 aromatic heterocycles. The quantitative estimate of drug-likeness (QED) is 0.240. The average molecular weight is 543 g/mol. The van der Waals surface area contributed by atoms with E-state index in [9.17, 15) is 19.5 Å². The van der Waals surface area contributed by atoms with Crippen LogP contribution in [-0.2, 0) is 25.6 Å². The predicted molar refractivity (Wildman–Crippen MR) is 140 cm³/mol. The van der Waals surface area contributed by atoms with E-state index >= 15 is 0 Å². The first-order valence-corrected chi connectivity index (χ1v) is 12.6. The van der Waals surface area contributed by atoms with Crippen LogP contribution in [0.3, 0.4) is 0 Å². The molecular weight excluding hydrogens is 516 g/mol. The molecule has 4 atom stereocenters. The number of hydrogen-bond acceptors (Lipinski definition) is 9. The van der Waals surface area contributed by atoms with Crippen molar-refractivity contribution in [2.24, 2.45) is 0 Å². The smallest absolute Gasteiger partial charge is 0.338 e. The van der Waals surface area contributed by atoms with Crippen LogP contribution in [0.25, 0.3) is 0 Å². The van der Waals surface area contributed by atoms with Crippen molar-refractivity contribution in [1.29, 1.82) is 0 Å². The van der Waals surface area contributed by atoms with Crippen LogP contribution in [0.15, 0.2) is 108 Å². The van der Waals surface area contributed by atoms with E-state index in [1.807, 2.05) is 0 Å². The number of aliphatic hydroxyl groups excluding tert-OH is 1. The van der Waals surface area contributed by atoms with Gasteiger partial charge in [0.05, 0.1) is 16.7 Å². The molecular formula is C31H26O9. The van der Waals surface area contributed by atoms with Gasteiger partial charge in [0.25, 0.3) is 0 Å². The van der Waals surface area contributed by atoms with Gasteiger partial charge in [0.2, 0.25) is 0 Å². The molecule has 0 amide bonds. The Labute approximate surface area is 229 Å². The van der Waals surface area contributed by atoms with Gasteiger partial charge in [0, 0.05) is 0 Å². The van der Waals surface area contributed by atoms with E-state index in [1.165, 1.54) is 0 Å². The maximum absolute atomic E-state index is 13.1. The predicted octanol–water partition coefficient (Wildman–Crippen LogP) is 4.52. The van der Waals surface area contributed by atoms with Crippen LogP contribution in [0.1, 0.15) is 48.7 Å². The summed E-state index contributed by atoms with van der Waals surface area (Å²) in [6.07, 6.45) is -4.38. The molecule has 1 aliphatic heterocycles. The molecule has 1 aliphatic rings. The van der Waals surface area contributed by atoms with Gasteiger partial charge in [-0.25, -0.2) is 14.4 Å². The van der Waals surface area contributed by atoms with Gasteiger partial charge in [0.15, 0.2) is 18.3 Å². The summed E-state index contributed by atoms with van der Waals surface area (Å²) in [5.41, 5.74) is 0.893. The van der Waals surface area contributed by atoms with E-state index in [1.54, 1.807) is 103 Å². The molecule has 5 rings (SSSR count). The van der Waals surface area contributed by atoms with E-state index < -0.39 is 42.3 Å². The fraction of sp³-hybridized carbons (Fsp3) is 0.194. The minimum Gasteiger partial charge on any atom is -0.461 e. The molecule has 4 aromatic rings. The van der Waals surface area contributed by atoms with Gasteiger partial charge in [0.1, 0.15) is 30.8 Å². The number of carbonyl (C=O) groups excluding carboxylic acids is 3. The van der Waals surface area contributed by atoms with Crippen LogP contribution < -0.4 is 0 Å². The first kappa shape index (κ1) is 26.9. The lowest BCUT2D eigenvalue weighted by Crippen LogP contribution is -2.40. The second kappa shape index (κ2) is 12.4. The van der Waals surface area contributed by atoms with E-state index in [0.717, 1.165) is 0 Å². The summed E-state index contributed by atoms with van der Waals surface area (Å²) >= 11 is 0. The Morgan fingerprint density at radius 1 is 0.650 bits per heavy atom. The Morgan fingerprint density at radius 2 is 1.15 bits per heavy atom. The second-order valence-corrected chi connectivity index (χ2v) is 8.99. The van der Waals surface area contributed by atoms with Crippen LogP contribution in [0.4, 0.5) is 0 Å². The third-order valence-electron chi connectivity index (χ3n) is 6.32. The SMILES string of the molecule is O=C(OC[C@H]1O[C@@H](c2ccc(CO)o2)[C@H](OC(=O)c2ccccc2)[C@@H]1OC(=O)c1ccccc1)c1ccccc1. The number of rotatable bonds is 9. The molecule has 0 radical (unpaired) electrons. The summed E-state index contributed by atoms with van der Waals surface area (Å²) in [6.45, 7) is -0.657. The number of aliphatic hydroxyl groups is 1. The molecule has 9 heteroatoms. The molecule has 1 N–H and O–H groups in total. The molecule has 3 aromatic carbocycles. The van der Waals surface area contributed by atoms with Gasteiger partial charge < -0.3 is 28.5 Å². The largest absolute Gasteiger partial charge is 0.461 e. The normalized spacial score (nSPS) is 20.0. The number of hydrogen-bond donors (Lipinski definition) is 1. The number of esters is 3. The summed E-state index contributed by atoms with van der Waals surface area (Å²) in [6, 6.07) is 28.2. The lowest BCUT2D eigenvalue weighted by molar-refractivity contribution is -0.0464. The standard InChI is InChI=1S/C31H26O9/c32-18-23-16-17-24(37-23)26-28(40-31(35)22-14-8-3-9-15-22)27(39-30(34)21-12-6-2-7-13-21)25(38-26)19-36-29(33)20-10-4-1-5-11-20/h1-17,25-28,32H,18-19H2/t25-,26+,27-,28+/m1/s1. The van der Waals surface area contributed by atoms with Crippen LogP contribution >= 0.6 is 0 Å². The van der Waals surface area contributed by atoms with Crippen molar-refractivity contribution in [1.82, 2.24) is 0 Å². The summed E-state index contributed by atoms with van der Waals surface area (Å²) in [5.74, 6) is -1.43. The van der Waals surface area contributed by atoms with Gasteiger partial charge >= 0.3 is 17.9 Å². The highest BCUT2D eigenvalue weighted by Crippen LogP contribution is 2.39. The number of carbonyl (C=O) groups is 3. The van der Waals surface area contributed by atoms with Crippen LogP contribution in [-0.4, -0.2) is 47.9 Å². The van der Waals surface area contributed by atoms with Crippen molar-refractivity contribution in [2.75, 3.05) is 6.61 Å². The van der Waals surface area contributed by atoms with Crippen molar-refractivity contribution in [2.45, 2.75) is 31.0 Å². The fourth-order valence-corrected chi connectivity index (χ4v) is 4.34. The molecule has 0 unspecified atom stereocenters. The van der Waals surface area contributed by atoms with Crippen molar-refractivity contribution in [3.05, 3.63) is 131 Å². The lowest BCUT2D eigenvalue weighted by atomic mass is 10.1. The minimum atomic E-state index is -1.17. The third-order valence-corrected chi connectivity index (χ3v) is 6.32. The average Bonchev–Trinajstić information content (AvgIpc) is 3.62. The maximum Gasteiger partial charge on any atom is 0.338 e. The molecule has 0 bridgehead atoms. The van der Waals surface area contributed by atoms with Crippen molar-refractivity contribution >= 4 is 17.9 Å². The first-order chi connectivity index (χ1) is 19.5. The molecule has 40 heavy (non-hydrogen) atoms. The molecule has 1 fully saturated rings. The second-order valence-electron chi connectivity index (χ2n) is 8.99. The molecule has 0 spiro atoms. The maximum atomic E-state index is 13.1. The third kappa shape index (κ3) is 6.12. The zero-order valence-corrected chi connectivity index (χ0v) is 21.3. The Kier molecular flexibility index (Phi) is 8.34. The van der Waals surface area contributed by atoms with Gasteiger partial charge in [-0.05, 0) is 48.5 Å². The zero-order chi connectivity index (χ0) is 27.9.